The van der Waals surface area contributed by atoms with Crippen LogP contribution in [0.3, 0.4) is 0 Å². The third kappa shape index (κ3) is 2.07. The number of hydrogen-bond donors (Lipinski definition) is 1. The highest BCUT2D eigenvalue weighted by atomic mass is 35.5. The number of carboxylic acid groups (broad SMARTS) is 1. The molecule has 0 aromatic carbocycles. The van der Waals surface area contributed by atoms with Gasteiger partial charge in [-0.05, 0) is 31.4 Å². The van der Waals surface area contributed by atoms with Crippen molar-refractivity contribution in [1.82, 2.24) is 24.6 Å². The SMILES string of the molecule is CC1(Cn2ncc3cnc(Cl)nc32)CCCN1C(=O)O. The molecule has 8 heteroatoms. The molecule has 1 saturated heterocycles. The first-order valence-corrected chi connectivity index (χ1v) is 6.72. The van der Waals surface area contributed by atoms with E-state index < -0.39 is 11.6 Å². The van der Waals surface area contributed by atoms with Crippen molar-refractivity contribution in [3.8, 4) is 0 Å². The fourth-order valence-electron chi connectivity index (χ4n) is 2.80. The Kier molecular flexibility index (Phi) is 3.01. The van der Waals surface area contributed by atoms with Crippen molar-refractivity contribution in [1.29, 1.82) is 0 Å². The second-order valence-corrected chi connectivity index (χ2v) is 5.59. The lowest BCUT2D eigenvalue weighted by molar-refractivity contribution is 0.0997. The smallest absolute Gasteiger partial charge is 0.407 e. The van der Waals surface area contributed by atoms with Gasteiger partial charge in [0.1, 0.15) is 0 Å². The van der Waals surface area contributed by atoms with E-state index in [1.165, 1.54) is 4.90 Å². The van der Waals surface area contributed by atoms with Crippen LogP contribution in [0.25, 0.3) is 11.0 Å². The predicted octanol–water partition coefficient (Wildman–Crippen LogP) is 2.01. The van der Waals surface area contributed by atoms with Crippen molar-refractivity contribution < 1.29 is 9.90 Å². The number of carbonyl (C=O) groups is 1. The third-order valence-electron chi connectivity index (χ3n) is 3.82. The van der Waals surface area contributed by atoms with Crippen molar-refractivity contribution in [2.75, 3.05) is 6.54 Å². The average Bonchev–Trinajstić information content (AvgIpc) is 2.94. The molecular formula is C12H14ClN5O2. The standard InChI is InChI=1S/C12H14ClN5O2/c1-12(3-2-4-17(12)11(19)20)7-18-9-8(6-15-18)5-14-10(13)16-9/h5-6H,2-4,7H2,1H3,(H,19,20). The number of halogens is 1. The summed E-state index contributed by atoms with van der Waals surface area (Å²) in [7, 11) is 0. The van der Waals surface area contributed by atoms with Gasteiger partial charge in [0.05, 0.1) is 23.7 Å². The second-order valence-electron chi connectivity index (χ2n) is 5.25. The van der Waals surface area contributed by atoms with E-state index in [9.17, 15) is 9.90 Å². The maximum atomic E-state index is 11.3. The van der Waals surface area contributed by atoms with Gasteiger partial charge in [-0.3, -0.25) is 0 Å². The zero-order valence-corrected chi connectivity index (χ0v) is 11.7. The van der Waals surface area contributed by atoms with Crippen LogP contribution in [0, 0.1) is 0 Å². The topological polar surface area (TPSA) is 84.1 Å². The summed E-state index contributed by atoms with van der Waals surface area (Å²) in [5.74, 6) is 0. The molecule has 1 amide bonds. The molecule has 1 aliphatic rings. The summed E-state index contributed by atoms with van der Waals surface area (Å²) in [4.78, 5) is 20.9. The summed E-state index contributed by atoms with van der Waals surface area (Å²) in [6.45, 7) is 2.95. The van der Waals surface area contributed by atoms with Crippen LogP contribution in [-0.4, -0.2) is 47.9 Å². The molecule has 1 aliphatic heterocycles. The molecule has 0 saturated carbocycles. The van der Waals surface area contributed by atoms with E-state index in [1.807, 2.05) is 6.92 Å². The van der Waals surface area contributed by atoms with Crippen LogP contribution in [0.15, 0.2) is 12.4 Å². The molecule has 1 N–H and O–H groups in total. The number of rotatable bonds is 2. The number of amides is 1. The molecule has 3 rings (SSSR count). The lowest BCUT2D eigenvalue weighted by Gasteiger charge is -2.33. The minimum Gasteiger partial charge on any atom is -0.465 e. The molecule has 1 unspecified atom stereocenters. The molecule has 0 aliphatic carbocycles. The third-order valence-corrected chi connectivity index (χ3v) is 4.00. The number of aromatic nitrogens is 4. The summed E-state index contributed by atoms with van der Waals surface area (Å²) < 4.78 is 1.70. The summed E-state index contributed by atoms with van der Waals surface area (Å²) in [5, 5.41) is 14.5. The van der Waals surface area contributed by atoms with Gasteiger partial charge in [0, 0.05) is 12.7 Å². The lowest BCUT2D eigenvalue weighted by atomic mass is 9.99. The zero-order chi connectivity index (χ0) is 14.3. The van der Waals surface area contributed by atoms with Gasteiger partial charge in [0.25, 0.3) is 0 Å². The van der Waals surface area contributed by atoms with E-state index in [-0.39, 0.29) is 5.28 Å². The van der Waals surface area contributed by atoms with Gasteiger partial charge < -0.3 is 10.0 Å². The van der Waals surface area contributed by atoms with E-state index in [0.29, 0.717) is 18.7 Å². The van der Waals surface area contributed by atoms with Gasteiger partial charge in [0.15, 0.2) is 5.65 Å². The van der Waals surface area contributed by atoms with Gasteiger partial charge in [0.2, 0.25) is 5.28 Å². The lowest BCUT2D eigenvalue weighted by Crippen LogP contribution is -2.47. The van der Waals surface area contributed by atoms with Gasteiger partial charge in [-0.25, -0.2) is 14.5 Å². The molecule has 0 radical (unpaired) electrons. The van der Waals surface area contributed by atoms with Crippen molar-refractivity contribution >= 4 is 28.7 Å². The highest BCUT2D eigenvalue weighted by Crippen LogP contribution is 2.31. The van der Waals surface area contributed by atoms with Gasteiger partial charge in [-0.2, -0.15) is 10.1 Å². The summed E-state index contributed by atoms with van der Waals surface area (Å²) >= 11 is 5.81. The fraction of sp³-hybridized carbons (Fsp3) is 0.500. The van der Waals surface area contributed by atoms with Crippen molar-refractivity contribution in [2.45, 2.75) is 31.8 Å². The molecule has 0 bridgehead atoms. The minimum atomic E-state index is -0.894. The van der Waals surface area contributed by atoms with E-state index >= 15 is 0 Å². The number of hydrogen-bond acceptors (Lipinski definition) is 4. The first kappa shape index (κ1) is 13.1. The molecule has 1 fully saturated rings. The molecule has 0 spiro atoms. The quantitative estimate of drug-likeness (QED) is 0.857. The zero-order valence-electron chi connectivity index (χ0n) is 11.0. The average molecular weight is 296 g/mol. The number of likely N-dealkylation sites (tertiary alicyclic amines) is 1. The normalized spacial score (nSPS) is 22.6. The summed E-state index contributed by atoms with van der Waals surface area (Å²) in [6.07, 6.45) is 4.04. The molecule has 106 valence electrons. The van der Waals surface area contributed by atoms with Gasteiger partial charge in [-0.15, -0.1) is 0 Å². The maximum absolute atomic E-state index is 11.3. The van der Waals surface area contributed by atoms with Crippen LogP contribution in [0.4, 0.5) is 4.79 Å². The Morgan fingerprint density at radius 1 is 1.55 bits per heavy atom. The van der Waals surface area contributed by atoms with E-state index in [2.05, 4.69) is 15.1 Å². The Bertz CT molecular complexity index is 673. The van der Waals surface area contributed by atoms with Gasteiger partial charge in [-0.1, -0.05) is 0 Å². The first-order valence-electron chi connectivity index (χ1n) is 6.34. The largest absolute Gasteiger partial charge is 0.465 e. The van der Waals surface area contributed by atoms with Crippen LogP contribution < -0.4 is 0 Å². The maximum Gasteiger partial charge on any atom is 0.407 e. The summed E-state index contributed by atoms with van der Waals surface area (Å²) in [6, 6.07) is 0. The first-order chi connectivity index (χ1) is 9.49. The fourth-order valence-corrected chi connectivity index (χ4v) is 2.93. The van der Waals surface area contributed by atoms with Crippen molar-refractivity contribution in [3.63, 3.8) is 0 Å². The van der Waals surface area contributed by atoms with Crippen LogP contribution in [-0.2, 0) is 6.54 Å². The molecule has 3 heterocycles. The van der Waals surface area contributed by atoms with Gasteiger partial charge >= 0.3 is 6.09 Å². The monoisotopic (exact) mass is 295 g/mol. The van der Waals surface area contributed by atoms with Crippen LogP contribution >= 0.6 is 11.6 Å². The van der Waals surface area contributed by atoms with E-state index in [0.717, 1.165) is 18.2 Å². The Balaban J connectivity index is 1.96. The molecular weight excluding hydrogens is 282 g/mol. The van der Waals surface area contributed by atoms with Crippen LogP contribution in [0.5, 0.6) is 0 Å². The molecule has 2 aromatic rings. The van der Waals surface area contributed by atoms with Crippen molar-refractivity contribution in [3.05, 3.63) is 17.7 Å². The molecule has 20 heavy (non-hydrogen) atoms. The highest BCUT2D eigenvalue weighted by Gasteiger charge is 2.40. The Hall–Kier alpha value is -1.89. The number of fused-ring (bicyclic) bond motifs is 1. The Labute approximate surface area is 120 Å². The Morgan fingerprint density at radius 2 is 2.35 bits per heavy atom. The predicted molar refractivity (Wildman–Crippen MR) is 72.7 cm³/mol. The van der Waals surface area contributed by atoms with E-state index in [4.69, 9.17) is 11.6 Å². The highest BCUT2D eigenvalue weighted by molar-refractivity contribution is 6.28. The molecule has 1 atom stereocenters. The van der Waals surface area contributed by atoms with Crippen LogP contribution in [0.1, 0.15) is 19.8 Å². The summed E-state index contributed by atoms with van der Waals surface area (Å²) in [5.41, 5.74) is 0.158. The molecule has 7 nitrogen and oxygen atoms in total. The second kappa shape index (κ2) is 4.59. The van der Waals surface area contributed by atoms with Crippen LogP contribution in [0.2, 0.25) is 5.28 Å². The minimum absolute atomic E-state index is 0.158. The number of nitrogens with zero attached hydrogens (tertiary/aromatic N) is 5. The van der Waals surface area contributed by atoms with E-state index in [1.54, 1.807) is 17.1 Å². The molecule has 2 aromatic heterocycles. The van der Waals surface area contributed by atoms with Crippen molar-refractivity contribution in [2.24, 2.45) is 0 Å². The Morgan fingerprint density at radius 3 is 3.10 bits per heavy atom.